The first kappa shape index (κ1) is 21.7. The summed E-state index contributed by atoms with van der Waals surface area (Å²) < 4.78 is 14.6. The number of aryl methyl sites for hydroxylation is 2. The molecule has 2 aromatic carbocycles. The third-order valence-electron chi connectivity index (χ3n) is 6.38. The zero-order chi connectivity index (χ0) is 23.8. The second kappa shape index (κ2) is 8.69. The lowest BCUT2D eigenvalue weighted by Gasteiger charge is -2.22. The van der Waals surface area contributed by atoms with Crippen molar-refractivity contribution in [1.29, 1.82) is 0 Å². The normalized spacial score (nSPS) is 18.1. The highest BCUT2D eigenvalue weighted by atomic mass is 19.1. The summed E-state index contributed by atoms with van der Waals surface area (Å²) in [6.45, 7) is 0.464. The summed E-state index contributed by atoms with van der Waals surface area (Å²) >= 11 is 0. The SMILES string of the molecule is O=C(c1cc(CCc2n[nH]c(=O)c3ccccc23)ccc1F)N1CC[C@@H](N2C(=O)CNC2=O)C1. The highest BCUT2D eigenvalue weighted by Gasteiger charge is 2.40. The predicted octanol–water partition coefficient (Wildman–Crippen LogP) is 1.61. The van der Waals surface area contributed by atoms with Crippen molar-refractivity contribution < 1.29 is 18.8 Å². The van der Waals surface area contributed by atoms with Crippen LogP contribution in [0, 0.1) is 5.82 Å². The van der Waals surface area contributed by atoms with Gasteiger partial charge in [-0.25, -0.2) is 14.3 Å². The largest absolute Gasteiger partial charge is 0.336 e. The lowest BCUT2D eigenvalue weighted by molar-refractivity contribution is -0.126. The van der Waals surface area contributed by atoms with E-state index in [9.17, 15) is 23.6 Å². The second-order valence-electron chi connectivity index (χ2n) is 8.48. The van der Waals surface area contributed by atoms with E-state index in [4.69, 9.17) is 0 Å². The molecule has 2 fully saturated rings. The number of hydrogen-bond donors (Lipinski definition) is 2. The standard InChI is InChI=1S/C24H22FN5O4/c25-19-7-5-14(6-8-20-16-3-1-2-4-17(16)22(32)28-27-20)11-18(19)23(33)29-10-9-15(13-29)30-21(31)12-26-24(30)34/h1-5,7,11,15H,6,8-10,12-13H2,(H,26,34)(H,28,32)/t15-/m1/s1. The van der Waals surface area contributed by atoms with Crippen molar-refractivity contribution in [1.82, 2.24) is 25.3 Å². The van der Waals surface area contributed by atoms with Gasteiger partial charge in [0.2, 0.25) is 5.91 Å². The van der Waals surface area contributed by atoms with Gasteiger partial charge in [0.05, 0.1) is 29.2 Å². The quantitative estimate of drug-likeness (QED) is 0.558. The monoisotopic (exact) mass is 463 g/mol. The minimum Gasteiger partial charge on any atom is -0.336 e. The van der Waals surface area contributed by atoms with Gasteiger partial charge in [-0.1, -0.05) is 24.3 Å². The first-order valence-electron chi connectivity index (χ1n) is 11.1. The molecule has 4 amide bonds. The van der Waals surface area contributed by atoms with Crippen LogP contribution in [0.4, 0.5) is 9.18 Å². The predicted molar refractivity (Wildman–Crippen MR) is 121 cm³/mol. The van der Waals surface area contributed by atoms with Crippen LogP contribution in [-0.4, -0.2) is 63.5 Å². The van der Waals surface area contributed by atoms with Crippen molar-refractivity contribution in [3.8, 4) is 0 Å². The Bertz CT molecular complexity index is 1350. The third kappa shape index (κ3) is 3.91. The summed E-state index contributed by atoms with van der Waals surface area (Å²) in [4.78, 5) is 51.5. The molecule has 174 valence electrons. The van der Waals surface area contributed by atoms with Crippen LogP contribution in [0.1, 0.15) is 28.0 Å². The number of carbonyl (C=O) groups excluding carboxylic acids is 3. The number of aromatic amines is 1. The lowest BCUT2D eigenvalue weighted by Crippen LogP contribution is -2.43. The van der Waals surface area contributed by atoms with Crippen molar-refractivity contribution >= 4 is 28.6 Å². The first-order valence-corrected chi connectivity index (χ1v) is 11.1. The smallest absolute Gasteiger partial charge is 0.324 e. The Hall–Kier alpha value is -4.08. The second-order valence-corrected chi connectivity index (χ2v) is 8.48. The van der Waals surface area contributed by atoms with Crippen LogP contribution in [0.15, 0.2) is 47.3 Å². The molecule has 10 heteroatoms. The molecule has 1 atom stereocenters. The van der Waals surface area contributed by atoms with Crippen molar-refractivity contribution in [2.75, 3.05) is 19.6 Å². The molecule has 3 aromatic rings. The van der Waals surface area contributed by atoms with E-state index in [-0.39, 0.29) is 30.1 Å². The molecule has 2 aliphatic heterocycles. The summed E-state index contributed by atoms with van der Waals surface area (Å²) in [7, 11) is 0. The van der Waals surface area contributed by atoms with Crippen molar-refractivity contribution in [2.24, 2.45) is 0 Å². The number of nitrogens with one attached hydrogen (secondary N) is 2. The Morgan fingerprint density at radius 1 is 1.09 bits per heavy atom. The number of halogens is 1. The van der Waals surface area contributed by atoms with Crippen molar-refractivity contribution in [2.45, 2.75) is 25.3 Å². The Labute approximate surface area is 193 Å². The molecule has 0 aliphatic carbocycles. The molecule has 9 nitrogen and oxygen atoms in total. The molecule has 0 bridgehead atoms. The number of imide groups is 1. The number of amides is 4. The van der Waals surface area contributed by atoms with E-state index in [0.717, 1.165) is 15.8 Å². The Morgan fingerprint density at radius 2 is 1.88 bits per heavy atom. The highest BCUT2D eigenvalue weighted by molar-refractivity contribution is 6.02. The van der Waals surface area contributed by atoms with Crippen LogP contribution < -0.4 is 10.9 Å². The molecule has 2 N–H and O–H groups in total. The third-order valence-corrected chi connectivity index (χ3v) is 6.38. The fourth-order valence-electron chi connectivity index (χ4n) is 4.63. The minimum atomic E-state index is -0.625. The van der Waals surface area contributed by atoms with E-state index in [2.05, 4.69) is 15.5 Å². The van der Waals surface area contributed by atoms with E-state index in [1.165, 1.54) is 17.0 Å². The molecule has 2 saturated heterocycles. The van der Waals surface area contributed by atoms with E-state index in [1.54, 1.807) is 18.2 Å². The topological polar surface area (TPSA) is 115 Å². The van der Waals surface area contributed by atoms with Gasteiger partial charge >= 0.3 is 6.03 Å². The molecular formula is C24H22FN5O4. The van der Waals surface area contributed by atoms with Crippen LogP contribution in [0.25, 0.3) is 10.8 Å². The number of aromatic nitrogens is 2. The molecule has 3 heterocycles. The summed E-state index contributed by atoms with van der Waals surface area (Å²) in [6.07, 6.45) is 1.44. The van der Waals surface area contributed by atoms with E-state index < -0.39 is 23.8 Å². The Morgan fingerprint density at radius 3 is 2.65 bits per heavy atom. The van der Waals surface area contributed by atoms with Gasteiger partial charge < -0.3 is 10.2 Å². The molecule has 1 aromatic heterocycles. The number of H-pyrrole nitrogens is 1. The van der Waals surface area contributed by atoms with Gasteiger partial charge in [-0.2, -0.15) is 5.10 Å². The summed E-state index contributed by atoms with van der Waals surface area (Å²) in [6, 6.07) is 10.8. The lowest BCUT2D eigenvalue weighted by atomic mass is 10.0. The van der Waals surface area contributed by atoms with Crippen LogP contribution in [0.5, 0.6) is 0 Å². The zero-order valence-electron chi connectivity index (χ0n) is 18.2. The average molecular weight is 463 g/mol. The van der Waals surface area contributed by atoms with Gasteiger partial charge in [-0.05, 0) is 43.0 Å². The van der Waals surface area contributed by atoms with E-state index in [0.29, 0.717) is 36.9 Å². The minimum absolute atomic E-state index is 0.0423. The zero-order valence-corrected chi connectivity index (χ0v) is 18.2. The molecule has 34 heavy (non-hydrogen) atoms. The Balaban J connectivity index is 1.31. The van der Waals surface area contributed by atoms with Gasteiger partial charge in [-0.3, -0.25) is 19.3 Å². The average Bonchev–Trinajstić information content (AvgIpc) is 3.45. The molecular weight excluding hydrogens is 441 g/mol. The number of benzene rings is 2. The maximum atomic E-state index is 14.6. The molecule has 0 spiro atoms. The van der Waals surface area contributed by atoms with Gasteiger partial charge in [0.25, 0.3) is 11.5 Å². The molecule has 0 saturated carbocycles. The van der Waals surface area contributed by atoms with Gasteiger partial charge in [0, 0.05) is 18.5 Å². The van der Waals surface area contributed by atoms with Gasteiger partial charge in [-0.15, -0.1) is 0 Å². The number of nitrogens with zero attached hydrogens (tertiary/aromatic N) is 3. The maximum absolute atomic E-state index is 14.6. The summed E-state index contributed by atoms with van der Waals surface area (Å²) in [5.41, 5.74) is 1.16. The number of carbonyl (C=O) groups is 3. The van der Waals surface area contributed by atoms with Crippen LogP contribution in [0.3, 0.4) is 0 Å². The molecule has 2 aliphatic rings. The number of urea groups is 1. The summed E-state index contributed by atoms with van der Waals surface area (Å²) in [5.74, 6) is -1.41. The molecule has 5 rings (SSSR count). The molecule has 0 radical (unpaired) electrons. The summed E-state index contributed by atoms with van der Waals surface area (Å²) in [5, 5.41) is 10.5. The van der Waals surface area contributed by atoms with Crippen molar-refractivity contribution in [3.05, 3.63) is 75.5 Å². The number of likely N-dealkylation sites (tertiary alicyclic amines) is 1. The van der Waals surface area contributed by atoms with Crippen LogP contribution in [-0.2, 0) is 17.6 Å². The molecule has 0 unspecified atom stereocenters. The highest BCUT2D eigenvalue weighted by Crippen LogP contribution is 2.22. The number of hydrogen-bond acceptors (Lipinski definition) is 5. The van der Waals surface area contributed by atoms with Crippen LogP contribution >= 0.6 is 0 Å². The number of fused-ring (bicyclic) bond motifs is 1. The van der Waals surface area contributed by atoms with Crippen LogP contribution in [0.2, 0.25) is 0 Å². The van der Waals surface area contributed by atoms with E-state index in [1.807, 2.05) is 12.1 Å². The van der Waals surface area contributed by atoms with Crippen molar-refractivity contribution in [3.63, 3.8) is 0 Å². The fraction of sp³-hybridized carbons (Fsp3) is 0.292. The maximum Gasteiger partial charge on any atom is 0.324 e. The van der Waals surface area contributed by atoms with Gasteiger partial charge in [0.1, 0.15) is 5.82 Å². The Kier molecular flexibility index (Phi) is 5.56. The first-order chi connectivity index (χ1) is 16.4. The number of rotatable bonds is 5. The van der Waals surface area contributed by atoms with E-state index >= 15 is 0 Å². The van der Waals surface area contributed by atoms with Gasteiger partial charge in [0.15, 0.2) is 0 Å². The fourth-order valence-corrected chi connectivity index (χ4v) is 4.63.